The van der Waals surface area contributed by atoms with E-state index in [0.717, 1.165) is 29.9 Å². The first kappa shape index (κ1) is 18.3. The first-order chi connectivity index (χ1) is 11.4. The molecule has 6 heteroatoms. The highest BCUT2D eigenvalue weighted by Crippen LogP contribution is 2.22. The van der Waals surface area contributed by atoms with E-state index in [-0.39, 0.29) is 5.91 Å². The van der Waals surface area contributed by atoms with E-state index in [4.69, 9.17) is 16.3 Å². The lowest BCUT2D eigenvalue weighted by atomic mass is 10.2. The van der Waals surface area contributed by atoms with Crippen molar-refractivity contribution in [1.29, 1.82) is 0 Å². The van der Waals surface area contributed by atoms with Crippen molar-refractivity contribution < 1.29 is 9.53 Å². The van der Waals surface area contributed by atoms with Crippen LogP contribution in [0.3, 0.4) is 0 Å². The lowest BCUT2D eigenvalue weighted by Crippen LogP contribution is -2.37. The molecule has 1 unspecified atom stereocenters. The predicted octanol–water partition coefficient (Wildman–Crippen LogP) is 3.44. The molecule has 0 spiro atoms. The summed E-state index contributed by atoms with van der Waals surface area (Å²) in [4.78, 5) is 12.1. The topological polar surface area (TPSA) is 56.2 Å². The van der Waals surface area contributed by atoms with Gasteiger partial charge in [0.1, 0.15) is 5.75 Å². The molecule has 0 fully saturated rings. The summed E-state index contributed by atoms with van der Waals surface area (Å²) in [5, 5.41) is 7.96. The van der Waals surface area contributed by atoms with Crippen LogP contribution in [0.2, 0.25) is 5.02 Å². The maximum absolute atomic E-state index is 12.1. The molecule has 1 N–H and O–H groups in total. The summed E-state index contributed by atoms with van der Waals surface area (Å²) in [6.07, 6.45) is 0.263. The molecular weight excluding hydrogens is 326 g/mol. The zero-order chi connectivity index (χ0) is 17.7. The van der Waals surface area contributed by atoms with E-state index < -0.39 is 6.10 Å². The maximum atomic E-state index is 12.1. The summed E-state index contributed by atoms with van der Waals surface area (Å²) in [6, 6.07) is 7.39. The molecule has 1 atom stereocenters. The second-order valence-corrected chi connectivity index (χ2v) is 6.40. The molecule has 0 aliphatic heterocycles. The molecule has 24 heavy (non-hydrogen) atoms. The van der Waals surface area contributed by atoms with Crippen molar-refractivity contribution in [3.63, 3.8) is 0 Å². The standard InChI is InChI=1S/C18H24ClN3O2/c1-12-10-16(19)6-7-17(12)24-15(4)18(23)20-8-5-9-22-14(3)11-13(2)21-22/h6-7,10-11,15H,5,8-9H2,1-4H3,(H,20,23). The van der Waals surface area contributed by atoms with Crippen molar-refractivity contribution in [3.05, 3.63) is 46.2 Å². The molecule has 0 saturated heterocycles. The molecule has 1 amide bonds. The number of nitrogens with one attached hydrogen (secondary N) is 1. The van der Waals surface area contributed by atoms with Crippen LogP contribution in [0.25, 0.3) is 0 Å². The smallest absolute Gasteiger partial charge is 0.260 e. The number of rotatable bonds is 7. The van der Waals surface area contributed by atoms with E-state index in [0.29, 0.717) is 17.3 Å². The molecule has 0 bridgehead atoms. The average Bonchev–Trinajstić information content (AvgIpc) is 2.84. The fourth-order valence-corrected chi connectivity index (χ4v) is 2.70. The van der Waals surface area contributed by atoms with Crippen molar-refractivity contribution in [2.45, 2.75) is 46.8 Å². The SMILES string of the molecule is Cc1cc(C)n(CCCNC(=O)C(C)Oc2ccc(Cl)cc2C)n1. The number of halogens is 1. The largest absolute Gasteiger partial charge is 0.481 e. The number of carbonyl (C=O) groups is 1. The van der Waals surface area contributed by atoms with Gasteiger partial charge in [-0.15, -0.1) is 0 Å². The summed E-state index contributed by atoms with van der Waals surface area (Å²) >= 11 is 5.92. The van der Waals surface area contributed by atoms with E-state index in [1.54, 1.807) is 19.1 Å². The summed E-state index contributed by atoms with van der Waals surface area (Å²) < 4.78 is 7.67. The Hall–Kier alpha value is -2.01. The Morgan fingerprint density at radius 1 is 1.33 bits per heavy atom. The Morgan fingerprint density at radius 2 is 2.08 bits per heavy atom. The van der Waals surface area contributed by atoms with Gasteiger partial charge in [0.25, 0.3) is 5.91 Å². The predicted molar refractivity (Wildman–Crippen MR) is 95.6 cm³/mol. The minimum Gasteiger partial charge on any atom is -0.481 e. The van der Waals surface area contributed by atoms with Crippen LogP contribution in [0.15, 0.2) is 24.3 Å². The molecular formula is C18H24ClN3O2. The lowest BCUT2D eigenvalue weighted by molar-refractivity contribution is -0.127. The molecule has 1 aromatic heterocycles. The number of aryl methyl sites for hydroxylation is 4. The number of amides is 1. The Labute approximate surface area is 148 Å². The van der Waals surface area contributed by atoms with Crippen molar-refractivity contribution in [3.8, 4) is 5.75 Å². The van der Waals surface area contributed by atoms with E-state index in [9.17, 15) is 4.79 Å². The Kier molecular flexibility index (Phi) is 6.26. The van der Waals surface area contributed by atoms with Gasteiger partial charge >= 0.3 is 0 Å². The van der Waals surface area contributed by atoms with Crippen LogP contribution >= 0.6 is 11.6 Å². The summed E-state index contributed by atoms with van der Waals surface area (Å²) in [5.74, 6) is 0.544. The van der Waals surface area contributed by atoms with E-state index in [2.05, 4.69) is 10.4 Å². The minimum atomic E-state index is -0.557. The molecule has 2 aromatic rings. The number of hydrogen-bond acceptors (Lipinski definition) is 3. The maximum Gasteiger partial charge on any atom is 0.260 e. The third-order valence-electron chi connectivity index (χ3n) is 3.76. The zero-order valence-electron chi connectivity index (χ0n) is 14.6. The van der Waals surface area contributed by atoms with Crippen LogP contribution < -0.4 is 10.1 Å². The molecule has 1 aromatic carbocycles. The van der Waals surface area contributed by atoms with Gasteiger partial charge in [-0.2, -0.15) is 5.10 Å². The molecule has 5 nitrogen and oxygen atoms in total. The quantitative estimate of drug-likeness (QED) is 0.779. The summed E-state index contributed by atoms with van der Waals surface area (Å²) in [5.41, 5.74) is 3.05. The summed E-state index contributed by atoms with van der Waals surface area (Å²) in [7, 11) is 0. The van der Waals surface area contributed by atoms with Crippen LogP contribution in [0.1, 0.15) is 30.3 Å². The fraction of sp³-hybridized carbons (Fsp3) is 0.444. The number of benzene rings is 1. The monoisotopic (exact) mass is 349 g/mol. The molecule has 130 valence electrons. The molecule has 0 aliphatic rings. The highest BCUT2D eigenvalue weighted by Gasteiger charge is 2.15. The average molecular weight is 350 g/mol. The summed E-state index contributed by atoms with van der Waals surface area (Å²) in [6.45, 7) is 9.02. The highest BCUT2D eigenvalue weighted by atomic mass is 35.5. The van der Waals surface area contributed by atoms with Gasteiger partial charge < -0.3 is 10.1 Å². The van der Waals surface area contributed by atoms with Crippen LogP contribution in [-0.4, -0.2) is 28.3 Å². The Bertz CT molecular complexity index is 712. The molecule has 0 radical (unpaired) electrons. The number of hydrogen-bond donors (Lipinski definition) is 1. The third-order valence-corrected chi connectivity index (χ3v) is 3.99. The van der Waals surface area contributed by atoms with E-state index in [1.165, 1.54) is 0 Å². The van der Waals surface area contributed by atoms with Crippen LogP contribution in [0, 0.1) is 20.8 Å². The zero-order valence-corrected chi connectivity index (χ0v) is 15.4. The Balaban J connectivity index is 1.76. The second kappa shape index (κ2) is 8.20. The van der Waals surface area contributed by atoms with Crippen molar-refractivity contribution in [2.24, 2.45) is 0 Å². The van der Waals surface area contributed by atoms with Gasteiger partial charge in [0.2, 0.25) is 0 Å². The first-order valence-corrected chi connectivity index (χ1v) is 8.46. The van der Waals surface area contributed by atoms with Crippen molar-refractivity contribution >= 4 is 17.5 Å². The first-order valence-electron chi connectivity index (χ1n) is 8.08. The van der Waals surface area contributed by atoms with Gasteiger partial charge in [0.05, 0.1) is 5.69 Å². The highest BCUT2D eigenvalue weighted by molar-refractivity contribution is 6.30. The lowest BCUT2D eigenvalue weighted by Gasteiger charge is -2.16. The number of ether oxygens (including phenoxy) is 1. The van der Waals surface area contributed by atoms with Crippen molar-refractivity contribution in [2.75, 3.05) is 6.54 Å². The van der Waals surface area contributed by atoms with Gasteiger partial charge in [-0.05, 0) is 63.9 Å². The minimum absolute atomic E-state index is 0.127. The third kappa shape index (κ3) is 4.99. The number of nitrogens with zero attached hydrogens (tertiary/aromatic N) is 2. The second-order valence-electron chi connectivity index (χ2n) is 5.96. The van der Waals surface area contributed by atoms with Crippen LogP contribution in [0.5, 0.6) is 5.75 Å². The number of aromatic nitrogens is 2. The molecule has 0 saturated carbocycles. The van der Waals surface area contributed by atoms with E-state index >= 15 is 0 Å². The number of carbonyl (C=O) groups excluding carboxylic acids is 1. The Morgan fingerprint density at radius 3 is 2.71 bits per heavy atom. The van der Waals surface area contributed by atoms with E-state index in [1.807, 2.05) is 37.6 Å². The van der Waals surface area contributed by atoms with Gasteiger partial charge in [0.15, 0.2) is 6.10 Å². The van der Waals surface area contributed by atoms with Crippen LogP contribution in [-0.2, 0) is 11.3 Å². The van der Waals surface area contributed by atoms with Crippen molar-refractivity contribution in [1.82, 2.24) is 15.1 Å². The molecule has 0 aliphatic carbocycles. The fourth-order valence-electron chi connectivity index (χ4n) is 2.47. The van der Waals surface area contributed by atoms with Gasteiger partial charge in [0, 0.05) is 23.8 Å². The van der Waals surface area contributed by atoms with Crippen LogP contribution in [0.4, 0.5) is 0 Å². The van der Waals surface area contributed by atoms with Gasteiger partial charge in [-0.3, -0.25) is 9.48 Å². The molecule has 1 heterocycles. The normalized spacial score (nSPS) is 12.0. The van der Waals surface area contributed by atoms with Gasteiger partial charge in [-0.1, -0.05) is 11.6 Å². The molecule has 2 rings (SSSR count). The van der Waals surface area contributed by atoms with Gasteiger partial charge in [-0.25, -0.2) is 0 Å².